The third-order valence-corrected chi connectivity index (χ3v) is 4.99. The maximum Gasteiger partial charge on any atom is 0.279 e. The first-order chi connectivity index (χ1) is 13.0. The Labute approximate surface area is 168 Å². The second kappa shape index (κ2) is 10.8. The monoisotopic (exact) mass is 404 g/mol. The summed E-state index contributed by atoms with van der Waals surface area (Å²) in [6, 6.07) is 14.7. The quantitative estimate of drug-likeness (QED) is 0.445. The summed E-state index contributed by atoms with van der Waals surface area (Å²) in [5.41, 5.74) is 1.33. The van der Waals surface area contributed by atoms with E-state index in [-0.39, 0.29) is 24.9 Å². The minimum Gasteiger partial charge on any atom is -0.322 e. The molecule has 3 N–H and O–H groups in total. The molecule has 0 aliphatic carbocycles. The lowest BCUT2D eigenvalue weighted by molar-refractivity contribution is -0.862. The van der Waals surface area contributed by atoms with Crippen LogP contribution in [0.15, 0.2) is 66.1 Å². The van der Waals surface area contributed by atoms with E-state index in [1.54, 1.807) is 43.1 Å². The van der Waals surface area contributed by atoms with E-state index in [2.05, 4.69) is 17.2 Å². The van der Waals surface area contributed by atoms with E-state index < -0.39 is 0 Å². The molecule has 0 saturated heterocycles. The van der Waals surface area contributed by atoms with Gasteiger partial charge in [-0.05, 0) is 24.3 Å². The lowest BCUT2D eigenvalue weighted by Gasteiger charge is -2.15. The molecule has 2 aromatic carbocycles. The van der Waals surface area contributed by atoms with Crippen LogP contribution in [0.4, 0.5) is 11.4 Å². The molecule has 0 fully saturated rings. The van der Waals surface area contributed by atoms with Crippen LogP contribution in [0.3, 0.4) is 0 Å². The normalized spacial score (nSPS) is 11.5. The van der Waals surface area contributed by atoms with Crippen LogP contribution in [-0.4, -0.2) is 37.7 Å². The number of hydrogen-bond acceptors (Lipinski definition) is 3. The molecular weight excluding hydrogens is 382 g/mol. The van der Waals surface area contributed by atoms with Gasteiger partial charge in [0.15, 0.2) is 13.1 Å². The fraction of sp³-hybridized carbons (Fsp3) is 0.200. The van der Waals surface area contributed by atoms with E-state index in [1.165, 1.54) is 0 Å². The number of halogens is 1. The van der Waals surface area contributed by atoms with Crippen LogP contribution in [0.5, 0.6) is 0 Å². The summed E-state index contributed by atoms with van der Waals surface area (Å²) in [5.74, 6) is 0.417. The number of nitrogens with one attached hydrogen (secondary N) is 3. The van der Waals surface area contributed by atoms with E-state index in [9.17, 15) is 9.59 Å². The van der Waals surface area contributed by atoms with Crippen LogP contribution < -0.4 is 15.5 Å². The third-order valence-electron chi connectivity index (χ3n) is 3.59. The second-order valence-corrected chi connectivity index (χ2v) is 7.45. The molecule has 0 spiro atoms. The Balaban J connectivity index is 1.86. The number of likely N-dealkylation sites (N-methyl/N-ethyl adjacent to an activating group) is 1. The molecule has 0 radical (unpaired) electrons. The molecule has 1 atom stereocenters. The molecule has 27 heavy (non-hydrogen) atoms. The molecule has 2 aromatic rings. The van der Waals surface area contributed by atoms with Crippen molar-refractivity contribution in [3.63, 3.8) is 0 Å². The predicted molar refractivity (Wildman–Crippen MR) is 113 cm³/mol. The minimum atomic E-state index is -0.199. The molecule has 0 bridgehead atoms. The lowest BCUT2D eigenvalue weighted by Crippen LogP contribution is -3.11. The number of benzene rings is 2. The molecule has 0 aliphatic heterocycles. The Bertz CT molecular complexity index is 813. The number of carbonyl (C=O) groups is 2. The fourth-order valence-corrected chi connectivity index (χ4v) is 3.34. The number of thioether (sulfide) groups is 1. The number of para-hydroxylation sites is 2. The standard InChI is InChI=1S/C20H22ClN3O2S/c1-3-12-27-18-11-7-6-10-17(18)23-20(26)14-24(2)13-19(25)22-16-9-5-4-8-15(16)21/h3-11H,1,12-14H2,2H3,(H,22,25)(H,23,26)/p+1. The third kappa shape index (κ3) is 7.09. The van der Waals surface area contributed by atoms with Crippen molar-refractivity contribution in [1.82, 2.24) is 0 Å². The Hall–Kier alpha value is -2.28. The number of anilines is 2. The first-order valence-electron chi connectivity index (χ1n) is 8.48. The highest BCUT2D eigenvalue weighted by atomic mass is 35.5. The zero-order valence-electron chi connectivity index (χ0n) is 15.1. The zero-order valence-corrected chi connectivity index (χ0v) is 16.7. The maximum absolute atomic E-state index is 12.3. The Morgan fingerprint density at radius 3 is 2.22 bits per heavy atom. The Morgan fingerprint density at radius 1 is 1.04 bits per heavy atom. The average Bonchev–Trinajstić information content (AvgIpc) is 2.62. The number of amides is 2. The molecule has 1 unspecified atom stereocenters. The van der Waals surface area contributed by atoms with Crippen molar-refractivity contribution in [2.75, 3.05) is 36.5 Å². The van der Waals surface area contributed by atoms with Gasteiger partial charge in [-0.3, -0.25) is 9.59 Å². The van der Waals surface area contributed by atoms with Gasteiger partial charge in [-0.25, -0.2) is 0 Å². The first kappa shape index (κ1) is 21.0. The molecule has 142 valence electrons. The summed E-state index contributed by atoms with van der Waals surface area (Å²) >= 11 is 7.64. The Morgan fingerprint density at radius 2 is 1.59 bits per heavy atom. The van der Waals surface area contributed by atoms with Gasteiger partial charge in [0.1, 0.15) is 0 Å². The van der Waals surface area contributed by atoms with Gasteiger partial charge in [-0.15, -0.1) is 18.3 Å². The van der Waals surface area contributed by atoms with Gasteiger partial charge in [0.05, 0.1) is 23.4 Å². The molecule has 2 rings (SSSR count). The van der Waals surface area contributed by atoms with E-state index in [4.69, 9.17) is 11.6 Å². The number of hydrogen-bond donors (Lipinski definition) is 3. The van der Waals surface area contributed by atoms with Crippen molar-refractivity contribution in [2.24, 2.45) is 0 Å². The highest BCUT2D eigenvalue weighted by molar-refractivity contribution is 7.99. The minimum absolute atomic E-state index is 0.148. The second-order valence-electron chi connectivity index (χ2n) is 5.98. The van der Waals surface area contributed by atoms with Gasteiger partial charge >= 0.3 is 0 Å². The summed E-state index contributed by atoms with van der Waals surface area (Å²) in [7, 11) is 1.80. The molecule has 0 aromatic heterocycles. The number of quaternary nitrogens is 1. The van der Waals surface area contributed by atoms with E-state index in [1.807, 2.05) is 30.3 Å². The predicted octanol–water partition coefficient (Wildman–Crippen LogP) is 2.71. The fourth-order valence-electron chi connectivity index (χ4n) is 2.41. The summed E-state index contributed by atoms with van der Waals surface area (Å²) < 4.78 is 0. The van der Waals surface area contributed by atoms with Crippen LogP contribution in [0.2, 0.25) is 5.02 Å². The smallest absolute Gasteiger partial charge is 0.279 e. The van der Waals surface area contributed by atoms with Crippen molar-refractivity contribution in [1.29, 1.82) is 0 Å². The van der Waals surface area contributed by atoms with Gasteiger partial charge in [-0.2, -0.15) is 0 Å². The molecule has 0 saturated carbocycles. The summed E-state index contributed by atoms with van der Waals surface area (Å²) in [6.45, 7) is 4.05. The summed E-state index contributed by atoms with van der Waals surface area (Å²) in [6.07, 6.45) is 1.82. The van der Waals surface area contributed by atoms with Crippen molar-refractivity contribution in [3.8, 4) is 0 Å². The van der Waals surface area contributed by atoms with Crippen LogP contribution in [0, 0.1) is 0 Å². The van der Waals surface area contributed by atoms with Crippen molar-refractivity contribution in [2.45, 2.75) is 4.90 Å². The van der Waals surface area contributed by atoms with Gasteiger partial charge in [0.2, 0.25) is 0 Å². The van der Waals surface area contributed by atoms with E-state index in [0.717, 1.165) is 21.2 Å². The van der Waals surface area contributed by atoms with E-state index >= 15 is 0 Å². The average molecular weight is 405 g/mol. The van der Waals surface area contributed by atoms with Gasteiger partial charge in [0.25, 0.3) is 11.8 Å². The SMILES string of the molecule is C=CCSc1ccccc1NC(=O)C[NH+](C)CC(=O)Nc1ccccc1Cl. The van der Waals surface area contributed by atoms with Crippen molar-refractivity contribution in [3.05, 3.63) is 66.2 Å². The largest absolute Gasteiger partial charge is 0.322 e. The molecule has 2 amide bonds. The summed E-state index contributed by atoms with van der Waals surface area (Å²) in [4.78, 5) is 26.2. The van der Waals surface area contributed by atoms with E-state index in [0.29, 0.717) is 10.7 Å². The van der Waals surface area contributed by atoms with Crippen LogP contribution in [0.1, 0.15) is 0 Å². The molecule has 7 heteroatoms. The topological polar surface area (TPSA) is 62.6 Å². The van der Waals surface area contributed by atoms with Crippen molar-refractivity contribution < 1.29 is 14.5 Å². The van der Waals surface area contributed by atoms with Crippen LogP contribution >= 0.6 is 23.4 Å². The van der Waals surface area contributed by atoms with Crippen molar-refractivity contribution >= 4 is 46.6 Å². The van der Waals surface area contributed by atoms with Gasteiger partial charge < -0.3 is 15.5 Å². The maximum atomic E-state index is 12.3. The van der Waals surface area contributed by atoms with Crippen LogP contribution in [-0.2, 0) is 9.59 Å². The highest BCUT2D eigenvalue weighted by Gasteiger charge is 2.16. The van der Waals surface area contributed by atoms with Gasteiger partial charge in [-0.1, -0.05) is 41.9 Å². The zero-order chi connectivity index (χ0) is 19.6. The number of rotatable bonds is 9. The Kier molecular flexibility index (Phi) is 8.39. The summed E-state index contributed by atoms with van der Waals surface area (Å²) in [5, 5.41) is 6.16. The van der Waals surface area contributed by atoms with Crippen LogP contribution in [0.25, 0.3) is 0 Å². The highest BCUT2D eigenvalue weighted by Crippen LogP contribution is 2.26. The molecule has 0 heterocycles. The first-order valence-corrected chi connectivity index (χ1v) is 9.84. The lowest BCUT2D eigenvalue weighted by atomic mass is 10.3. The number of carbonyl (C=O) groups excluding carboxylic acids is 2. The molecule has 5 nitrogen and oxygen atoms in total. The van der Waals surface area contributed by atoms with Gasteiger partial charge in [0, 0.05) is 10.6 Å². The molecule has 0 aliphatic rings. The molecular formula is C20H23ClN3O2S+.